The smallest absolute Gasteiger partial charge is 0.407 e. The first-order valence-corrected chi connectivity index (χ1v) is 8.34. The van der Waals surface area contributed by atoms with Gasteiger partial charge in [-0.25, -0.2) is 4.79 Å². The van der Waals surface area contributed by atoms with Crippen molar-refractivity contribution in [3.8, 4) is 0 Å². The number of rotatable bonds is 3. The van der Waals surface area contributed by atoms with Crippen molar-refractivity contribution in [3.63, 3.8) is 0 Å². The number of carboxylic acid groups (broad SMARTS) is 1. The predicted molar refractivity (Wildman–Crippen MR) is 82.4 cm³/mol. The molecule has 0 aromatic carbocycles. The molecule has 0 spiro atoms. The van der Waals surface area contributed by atoms with E-state index in [0.717, 1.165) is 49.8 Å². The summed E-state index contributed by atoms with van der Waals surface area (Å²) in [5.41, 5.74) is 0. The predicted octanol–water partition coefficient (Wildman–Crippen LogP) is 2.42. The molecule has 3 heterocycles. The molecule has 1 N–H and O–H groups in total. The fraction of sp³-hybridized carbons (Fsp3) is 0.714. The molecule has 3 rings (SSSR count). The molecule has 2 saturated heterocycles. The van der Waals surface area contributed by atoms with Crippen molar-refractivity contribution >= 4 is 22.0 Å². The topological polar surface area (TPSA) is 61.6 Å². The number of nitrogens with zero attached hydrogens (tertiary/aromatic N) is 4. The van der Waals surface area contributed by atoms with Crippen LogP contribution in [0.4, 0.5) is 4.79 Å². The molecule has 1 amide bonds. The van der Waals surface area contributed by atoms with Crippen LogP contribution in [0.3, 0.4) is 0 Å². The molecule has 0 radical (unpaired) electrons. The second-order valence-electron chi connectivity index (χ2n) is 5.94. The van der Waals surface area contributed by atoms with E-state index < -0.39 is 6.09 Å². The molecule has 1 atom stereocenters. The second kappa shape index (κ2) is 6.36. The number of aromatic nitrogens is 2. The van der Waals surface area contributed by atoms with Gasteiger partial charge in [0.1, 0.15) is 0 Å². The average molecular weight is 357 g/mol. The van der Waals surface area contributed by atoms with Crippen LogP contribution in [0.15, 0.2) is 16.9 Å². The largest absolute Gasteiger partial charge is 0.465 e. The molecule has 1 aromatic rings. The van der Waals surface area contributed by atoms with Crippen LogP contribution in [0, 0.1) is 0 Å². The third-order valence-electron chi connectivity index (χ3n) is 4.59. The highest BCUT2D eigenvalue weighted by molar-refractivity contribution is 9.10. The number of hydrogen-bond donors (Lipinski definition) is 1. The van der Waals surface area contributed by atoms with Gasteiger partial charge in [0, 0.05) is 38.4 Å². The number of likely N-dealkylation sites (tertiary alicyclic amines) is 2. The van der Waals surface area contributed by atoms with Gasteiger partial charge in [-0.1, -0.05) is 0 Å². The third-order valence-corrected chi connectivity index (χ3v) is 5.00. The van der Waals surface area contributed by atoms with Gasteiger partial charge >= 0.3 is 6.09 Å². The van der Waals surface area contributed by atoms with Gasteiger partial charge in [-0.15, -0.1) is 0 Å². The summed E-state index contributed by atoms with van der Waals surface area (Å²) in [5.74, 6) is 0. The van der Waals surface area contributed by atoms with E-state index >= 15 is 0 Å². The van der Waals surface area contributed by atoms with Gasteiger partial charge in [0.25, 0.3) is 0 Å². The second-order valence-corrected chi connectivity index (χ2v) is 6.86. The Bertz CT molecular complexity index is 499. The van der Waals surface area contributed by atoms with Crippen molar-refractivity contribution in [1.29, 1.82) is 0 Å². The molecule has 6 nitrogen and oxygen atoms in total. The molecule has 1 aromatic heterocycles. The number of amides is 1. The van der Waals surface area contributed by atoms with Crippen molar-refractivity contribution in [2.75, 3.05) is 26.2 Å². The van der Waals surface area contributed by atoms with Gasteiger partial charge in [0.05, 0.1) is 16.7 Å². The fourth-order valence-electron chi connectivity index (χ4n) is 3.46. The maximum Gasteiger partial charge on any atom is 0.407 e. The van der Waals surface area contributed by atoms with E-state index in [9.17, 15) is 9.90 Å². The first-order chi connectivity index (χ1) is 10.1. The van der Waals surface area contributed by atoms with Gasteiger partial charge in [0.15, 0.2) is 0 Å². The minimum Gasteiger partial charge on any atom is -0.465 e. The van der Waals surface area contributed by atoms with Crippen molar-refractivity contribution in [2.24, 2.45) is 0 Å². The zero-order valence-corrected chi connectivity index (χ0v) is 13.6. The number of halogens is 1. The minimum atomic E-state index is -0.770. The Morgan fingerprint density at radius 3 is 2.71 bits per heavy atom. The monoisotopic (exact) mass is 356 g/mol. The lowest BCUT2D eigenvalue weighted by Crippen LogP contribution is -2.45. The molecule has 2 fully saturated rings. The highest BCUT2D eigenvalue weighted by Gasteiger charge is 2.31. The Balaban J connectivity index is 1.51. The summed E-state index contributed by atoms with van der Waals surface area (Å²) in [6, 6.07) is 0.643. The first-order valence-electron chi connectivity index (χ1n) is 7.55. The lowest BCUT2D eigenvalue weighted by atomic mass is 10.0. The molecule has 7 heteroatoms. The van der Waals surface area contributed by atoms with Gasteiger partial charge in [-0.2, -0.15) is 5.10 Å². The van der Waals surface area contributed by atoms with Crippen molar-refractivity contribution < 1.29 is 9.90 Å². The van der Waals surface area contributed by atoms with Gasteiger partial charge in [-0.05, 0) is 41.6 Å². The van der Waals surface area contributed by atoms with Crippen molar-refractivity contribution in [2.45, 2.75) is 37.8 Å². The SMILES string of the molecule is O=C(O)N1CCC[C@@H]1CN1CCC(n2cc(Br)cn2)CC1. The van der Waals surface area contributed by atoms with E-state index in [4.69, 9.17) is 0 Å². The number of piperidine rings is 1. The Labute approximate surface area is 132 Å². The van der Waals surface area contributed by atoms with Crippen LogP contribution in [0.5, 0.6) is 0 Å². The Kier molecular flexibility index (Phi) is 4.49. The van der Waals surface area contributed by atoms with Crippen LogP contribution in [0.1, 0.15) is 31.7 Å². The summed E-state index contributed by atoms with van der Waals surface area (Å²) in [6.45, 7) is 3.61. The van der Waals surface area contributed by atoms with Crippen LogP contribution in [-0.2, 0) is 0 Å². The normalized spacial score (nSPS) is 24.6. The molecule has 2 aliphatic heterocycles. The molecule has 21 heavy (non-hydrogen) atoms. The summed E-state index contributed by atoms with van der Waals surface area (Å²) < 4.78 is 3.06. The summed E-state index contributed by atoms with van der Waals surface area (Å²) in [4.78, 5) is 15.2. The van der Waals surface area contributed by atoms with Crippen molar-refractivity contribution in [1.82, 2.24) is 19.6 Å². The number of hydrogen-bond acceptors (Lipinski definition) is 3. The molecule has 0 aliphatic carbocycles. The van der Waals surface area contributed by atoms with E-state index in [2.05, 4.69) is 25.9 Å². The third kappa shape index (κ3) is 3.40. The summed E-state index contributed by atoms with van der Waals surface area (Å²) in [6.07, 6.45) is 7.24. The van der Waals surface area contributed by atoms with E-state index in [1.165, 1.54) is 0 Å². The quantitative estimate of drug-likeness (QED) is 0.903. The summed E-state index contributed by atoms with van der Waals surface area (Å²) in [5, 5.41) is 13.6. The first kappa shape index (κ1) is 14.8. The maximum absolute atomic E-state index is 11.2. The number of carbonyl (C=O) groups is 1. The van der Waals surface area contributed by atoms with E-state index in [0.29, 0.717) is 12.6 Å². The molecule has 0 unspecified atom stereocenters. The van der Waals surface area contributed by atoms with Gasteiger partial charge < -0.3 is 14.9 Å². The summed E-state index contributed by atoms with van der Waals surface area (Å²) in [7, 11) is 0. The Hall–Kier alpha value is -1.08. The van der Waals surface area contributed by atoms with E-state index in [-0.39, 0.29) is 6.04 Å². The Morgan fingerprint density at radius 2 is 2.10 bits per heavy atom. The van der Waals surface area contributed by atoms with Crippen molar-refractivity contribution in [3.05, 3.63) is 16.9 Å². The minimum absolute atomic E-state index is 0.179. The molecular formula is C14H21BrN4O2. The van der Waals surface area contributed by atoms with Crippen LogP contribution >= 0.6 is 15.9 Å². The van der Waals surface area contributed by atoms with E-state index in [1.54, 1.807) is 4.90 Å². The molecular weight excluding hydrogens is 336 g/mol. The summed E-state index contributed by atoms with van der Waals surface area (Å²) >= 11 is 3.43. The maximum atomic E-state index is 11.2. The fourth-order valence-corrected chi connectivity index (χ4v) is 3.76. The molecule has 116 valence electrons. The van der Waals surface area contributed by atoms with Crippen LogP contribution in [0.25, 0.3) is 0 Å². The van der Waals surface area contributed by atoms with Crippen LogP contribution in [0.2, 0.25) is 0 Å². The molecule has 0 bridgehead atoms. The van der Waals surface area contributed by atoms with Gasteiger partial charge in [0.2, 0.25) is 0 Å². The highest BCUT2D eigenvalue weighted by Crippen LogP contribution is 2.25. The van der Waals surface area contributed by atoms with Crippen LogP contribution in [-0.4, -0.2) is 63.0 Å². The molecule has 2 aliphatic rings. The lowest BCUT2D eigenvalue weighted by molar-refractivity contribution is 0.111. The standard InChI is InChI=1S/C14H21BrN4O2/c15-11-8-16-19(9-11)12-3-6-17(7-4-12)10-13-2-1-5-18(13)14(20)21/h8-9,12-13H,1-7,10H2,(H,20,21)/t13-/m1/s1. The van der Waals surface area contributed by atoms with Crippen LogP contribution < -0.4 is 0 Å². The zero-order chi connectivity index (χ0) is 14.8. The molecule has 0 saturated carbocycles. The Morgan fingerprint density at radius 1 is 1.33 bits per heavy atom. The van der Waals surface area contributed by atoms with E-state index in [1.807, 2.05) is 17.1 Å². The lowest BCUT2D eigenvalue weighted by Gasteiger charge is -2.35. The van der Waals surface area contributed by atoms with Gasteiger partial charge in [-0.3, -0.25) is 4.68 Å². The highest BCUT2D eigenvalue weighted by atomic mass is 79.9. The average Bonchev–Trinajstić information content (AvgIpc) is 3.09. The zero-order valence-electron chi connectivity index (χ0n) is 12.0.